The predicted molar refractivity (Wildman–Crippen MR) is 88.0 cm³/mol. The summed E-state index contributed by atoms with van der Waals surface area (Å²) in [5.74, 6) is 0.0963. The minimum absolute atomic E-state index is 0.0852. The van der Waals surface area contributed by atoms with Crippen LogP contribution in [0, 0.1) is 5.82 Å². The van der Waals surface area contributed by atoms with Crippen LogP contribution in [0.5, 0.6) is 5.75 Å². The maximum atomic E-state index is 13.4. The molecule has 0 aromatic heterocycles. The van der Waals surface area contributed by atoms with Crippen LogP contribution in [0.25, 0.3) is 0 Å². The molecule has 0 heterocycles. The van der Waals surface area contributed by atoms with Gasteiger partial charge in [0, 0.05) is 28.7 Å². The van der Waals surface area contributed by atoms with Gasteiger partial charge in [-0.15, -0.1) is 0 Å². The van der Waals surface area contributed by atoms with Crippen molar-refractivity contribution in [2.45, 2.75) is 12.3 Å². The fourth-order valence-corrected chi connectivity index (χ4v) is 3.08. The SMILES string of the molecule is COc1cccc(C[S@@](=O)CC(=O)NCc2ccccc2F)c1. The van der Waals surface area contributed by atoms with Gasteiger partial charge in [0.05, 0.1) is 7.11 Å². The monoisotopic (exact) mass is 335 g/mol. The molecule has 0 saturated heterocycles. The number of methoxy groups -OCH3 is 1. The van der Waals surface area contributed by atoms with E-state index in [1.54, 1.807) is 37.4 Å². The van der Waals surface area contributed by atoms with Crippen molar-refractivity contribution in [3.63, 3.8) is 0 Å². The highest BCUT2D eigenvalue weighted by molar-refractivity contribution is 7.84. The molecule has 4 nitrogen and oxygen atoms in total. The summed E-state index contributed by atoms with van der Waals surface area (Å²) in [7, 11) is 0.226. The van der Waals surface area contributed by atoms with Crippen molar-refractivity contribution in [3.8, 4) is 5.75 Å². The second-order valence-corrected chi connectivity index (χ2v) is 6.41. The summed E-state index contributed by atoms with van der Waals surface area (Å²) in [5.41, 5.74) is 1.24. The first-order valence-corrected chi connectivity index (χ1v) is 8.55. The lowest BCUT2D eigenvalue weighted by Crippen LogP contribution is -2.28. The summed E-state index contributed by atoms with van der Waals surface area (Å²) in [6.07, 6.45) is 0. The number of hydrogen-bond acceptors (Lipinski definition) is 3. The molecule has 0 bridgehead atoms. The van der Waals surface area contributed by atoms with Gasteiger partial charge < -0.3 is 10.1 Å². The molecule has 0 radical (unpaired) electrons. The minimum atomic E-state index is -1.34. The average molecular weight is 335 g/mol. The first-order valence-electron chi connectivity index (χ1n) is 7.06. The number of carbonyl (C=O) groups is 1. The van der Waals surface area contributed by atoms with Crippen LogP contribution in [-0.4, -0.2) is 23.0 Å². The van der Waals surface area contributed by atoms with Gasteiger partial charge in [-0.25, -0.2) is 4.39 Å². The van der Waals surface area contributed by atoms with Gasteiger partial charge in [-0.05, 0) is 23.8 Å². The molecule has 2 aromatic rings. The number of ether oxygens (including phenoxy) is 1. The van der Waals surface area contributed by atoms with E-state index >= 15 is 0 Å². The first kappa shape index (κ1) is 17.1. The van der Waals surface area contributed by atoms with Crippen LogP contribution in [0.1, 0.15) is 11.1 Å². The Morgan fingerprint density at radius 2 is 2.00 bits per heavy atom. The van der Waals surface area contributed by atoms with Gasteiger partial charge in [-0.1, -0.05) is 30.3 Å². The Morgan fingerprint density at radius 1 is 1.22 bits per heavy atom. The molecule has 2 rings (SSSR count). The highest BCUT2D eigenvalue weighted by Gasteiger charge is 2.10. The zero-order chi connectivity index (χ0) is 16.7. The van der Waals surface area contributed by atoms with Gasteiger partial charge in [-0.2, -0.15) is 0 Å². The van der Waals surface area contributed by atoms with Crippen LogP contribution in [-0.2, 0) is 27.9 Å². The van der Waals surface area contributed by atoms with E-state index in [9.17, 15) is 13.4 Å². The maximum Gasteiger partial charge on any atom is 0.232 e. The van der Waals surface area contributed by atoms with Crippen molar-refractivity contribution in [2.24, 2.45) is 0 Å². The molecular weight excluding hydrogens is 317 g/mol. The van der Waals surface area contributed by atoms with Crippen LogP contribution in [0.4, 0.5) is 4.39 Å². The standard InChI is InChI=1S/C17H18FNO3S/c1-22-15-7-4-5-13(9-15)11-23(21)12-17(20)19-10-14-6-2-3-8-16(14)18/h2-9H,10-12H2,1H3,(H,19,20)/t23-/m1/s1. The smallest absolute Gasteiger partial charge is 0.232 e. The average Bonchev–Trinajstić information content (AvgIpc) is 2.54. The Labute approximate surface area is 137 Å². The molecule has 0 spiro atoms. The molecule has 122 valence electrons. The Bertz CT molecular complexity index is 706. The highest BCUT2D eigenvalue weighted by atomic mass is 32.2. The van der Waals surface area contributed by atoms with Crippen LogP contribution in [0.3, 0.4) is 0 Å². The van der Waals surface area contributed by atoms with Crippen LogP contribution >= 0.6 is 0 Å². The van der Waals surface area contributed by atoms with Crippen molar-refractivity contribution in [2.75, 3.05) is 12.9 Å². The molecule has 0 aliphatic heterocycles. The number of nitrogens with one attached hydrogen (secondary N) is 1. The fraction of sp³-hybridized carbons (Fsp3) is 0.235. The molecule has 0 fully saturated rings. The molecule has 0 unspecified atom stereocenters. The molecule has 0 aliphatic carbocycles. The quantitative estimate of drug-likeness (QED) is 0.845. The Balaban J connectivity index is 1.82. The third kappa shape index (κ3) is 5.49. The Kier molecular flexibility index (Phi) is 6.29. The van der Waals surface area contributed by atoms with E-state index in [0.717, 1.165) is 5.56 Å². The summed E-state index contributed by atoms with van der Waals surface area (Å²) < 4.78 is 30.6. The number of halogens is 1. The highest BCUT2D eigenvalue weighted by Crippen LogP contribution is 2.14. The largest absolute Gasteiger partial charge is 0.497 e. The lowest BCUT2D eigenvalue weighted by Gasteiger charge is -2.07. The lowest BCUT2D eigenvalue weighted by molar-refractivity contribution is -0.118. The number of hydrogen-bond donors (Lipinski definition) is 1. The molecule has 2 aromatic carbocycles. The number of amides is 1. The van der Waals surface area contributed by atoms with Crippen molar-refractivity contribution < 1.29 is 18.1 Å². The summed E-state index contributed by atoms with van der Waals surface area (Å²) in [5, 5.41) is 2.58. The van der Waals surface area contributed by atoms with E-state index in [2.05, 4.69) is 5.32 Å². The third-order valence-electron chi connectivity index (χ3n) is 3.19. The summed E-state index contributed by atoms with van der Waals surface area (Å²) >= 11 is 0. The van der Waals surface area contributed by atoms with Gasteiger partial charge in [0.2, 0.25) is 5.91 Å². The number of rotatable bonds is 7. The minimum Gasteiger partial charge on any atom is -0.497 e. The van der Waals surface area contributed by atoms with Crippen molar-refractivity contribution in [1.82, 2.24) is 5.32 Å². The number of carbonyl (C=O) groups excluding carboxylic acids is 1. The fourth-order valence-electron chi connectivity index (χ4n) is 2.03. The maximum absolute atomic E-state index is 13.4. The lowest BCUT2D eigenvalue weighted by atomic mass is 10.2. The van der Waals surface area contributed by atoms with E-state index < -0.39 is 10.8 Å². The van der Waals surface area contributed by atoms with E-state index in [1.165, 1.54) is 6.07 Å². The zero-order valence-electron chi connectivity index (χ0n) is 12.8. The van der Waals surface area contributed by atoms with Gasteiger partial charge in [0.1, 0.15) is 17.3 Å². The predicted octanol–water partition coefficient (Wildman–Crippen LogP) is 2.40. The summed E-state index contributed by atoms with van der Waals surface area (Å²) in [6, 6.07) is 13.4. The van der Waals surface area contributed by atoms with Gasteiger partial charge in [0.25, 0.3) is 0 Å². The molecule has 1 amide bonds. The van der Waals surface area contributed by atoms with E-state index in [-0.39, 0.29) is 29.8 Å². The second kappa shape index (κ2) is 8.43. The first-order chi connectivity index (χ1) is 11.1. The van der Waals surface area contributed by atoms with Gasteiger partial charge >= 0.3 is 0 Å². The van der Waals surface area contributed by atoms with E-state index in [4.69, 9.17) is 4.74 Å². The third-order valence-corrected chi connectivity index (χ3v) is 4.43. The molecule has 6 heteroatoms. The second-order valence-electron chi connectivity index (χ2n) is 4.95. The van der Waals surface area contributed by atoms with Crippen molar-refractivity contribution >= 4 is 16.7 Å². The molecule has 0 aliphatic rings. The van der Waals surface area contributed by atoms with E-state index in [0.29, 0.717) is 11.3 Å². The van der Waals surface area contributed by atoms with Crippen molar-refractivity contribution in [3.05, 3.63) is 65.5 Å². The summed E-state index contributed by atoms with van der Waals surface area (Å²) in [4.78, 5) is 11.8. The van der Waals surface area contributed by atoms with Crippen LogP contribution in [0.2, 0.25) is 0 Å². The van der Waals surface area contributed by atoms with E-state index in [1.807, 2.05) is 12.1 Å². The summed E-state index contributed by atoms with van der Waals surface area (Å²) in [6.45, 7) is 0.0852. The molecule has 23 heavy (non-hydrogen) atoms. The molecule has 0 saturated carbocycles. The van der Waals surface area contributed by atoms with Crippen LogP contribution in [0.15, 0.2) is 48.5 Å². The molecule has 1 N–H and O–H groups in total. The van der Waals surface area contributed by atoms with Crippen LogP contribution < -0.4 is 10.1 Å². The van der Waals surface area contributed by atoms with Gasteiger partial charge in [0.15, 0.2) is 0 Å². The Hall–Kier alpha value is -2.21. The molecular formula is C17H18FNO3S. The zero-order valence-corrected chi connectivity index (χ0v) is 13.6. The molecule has 1 atom stereocenters. The Morgan fingerprint density at radius 3 is 2.74 bits per heavy atom. The number of benzene rings is 2. The topological polar surface area (TPSA) is 55.4 Å². The van der Waals surface area contributed by atoms with Crippen molar-refractivity contribution in [1.29, 1.82) is 0 Å². The van der Waals surface area contributed by atoms with Gasteiger partial charge in [-0.3, -0.25) is 9.00 Å². The normalized spacial score (nSPS) is 11.7.